The summed E-state index contributed by atoms with van der Waals surface area (Å²) in [4.78, 5) is 24.9. The van der Waals surface area contributed by atoms with Crippen molar-refractivity contribution in [1.29, 1.82) is 0 Å². The number of carbonyl (C=O) groups excluding carboxylic acids is 1. The lowest BCUT2D eigenvalue weighted by atomic mass is 9.97. The van der Waals surface area contributed by atoms with Crippen molar-refractivity contribution in [2.24, 2.45) is 0 Å². The molecule has 37 heavy (non-hydrogen) atoms. The lowest BCUT2D eigenvalue weighted by Crippen LogP contribution is -2.43. The third-order valence-corrected chi connectivity index (χ3v) is 6.85. The van der Waals surface area contributed by atoms with Crippen molar-refractivity contribution in [2.75, 3.05) is 20.8 Å². The molecule has 7 nitrogen and oxygen atoms in total. The smallest absolute Gasteiger partial charge is 0.407 e. The van der Waals surface area contributed by atoms with Crippen LogP contribution in [0.4, 0.5) is 4.79 Å². The van der Waals surface area contributed by atoms with Crippen molar-refractivity contribution in [3.05, 3.63) is 95.6 Å². The minimum Gasteiger partial charge on any atom is -0.496 e. The first kappa shape index (κ1) is 24.2. The topological polar surface area (TPSA) is 94.1 Å². The minimum absolute atomic E-state index is 0.0421. The van der Waals surface area contributed by atoms with Gasteiger partial charge in [0.05, 0.1) is 14.2 Å². The molecule has 188 valence electrons. The molecule has 5 rings (SSSR count). The fourth-order valence-electron chi connectivity index (χ4n) is 5.14. The molecule has 0 saturated heterocycles. The third-order valence-electron chi connectivity index (χ3n) is 6.85. The van der Waals surface area contributed by atoms with Gasteiger partial charge in [0.2, 0.25) is 0 Å². The number of hydrogen-bond acceptors (Lipinski definition) is 5. The highest BCUT2D eigenvalue weighted by Gasteiger charge is 2.30. The van der Waals surface area contributed by atoms with E-state index in [4.69, 9.17) is 14.2 Å². The molecule has 0 aliphatic heterocycles. The number of carbonyl (C=O) groups is 2. The molecule has 1 unspecified atom stereocenters. The predicted molar refractivity (Wildman–Crippen MR) is 140 cm³/mol. The molecule has 1 atom stereocenters. The Morgan fingerprint density at radius 1 is 0.838 bits per heavy atom. The van der Waals surface area contributed by atoms with Gasteiger partial charge in [0.15, 0.2) is 0 Å². The number of ether oxygens (including phenoxy) is 3. The second-order valence-electron chi connectivity index (χ2n) is 8.87. The Bertz CT molecular complexity index is 1430. The summed E-state index contributed by atoms with van der Waals surface area (Å²) in [6.07, 6.45) is -0.737. The van der Waals surface area contributed by atoms with Crippen molar-refractivity contribution < 1.29 is 28.9 Å². The number of hydrogen-bond donors (Lipinski definition) is 2. The lowest BCUT2D eigenvalue weighted by molar-refractivity contribution is -0.139. The van der Waals surface area contributed by atoms with Gasteiger partial charge in [-0.15, -0.1) is 0 Å². The van der Waals surface area contributed by atoms with Crippen LogP contribution in [0.25, 0.3) is 21.9 Å². The molecule has 7 heteroatoms. The molecule has 1 aliphatic carbocycles. The first-order valence-electron chi connectivity index (χ1n) is 12.0. The summed E-state index contributed by atoms with van der Waals surface area (Å²) in [5.41, 5.74) is 5.12. The van der Waals surface area contributed by atoms with Gasteiger partial charge >= 0.3 is 12.1 Å². The van der Waals surface area contributed by atoms with Gasteiger partial charge in [-0.3, -0.25) is 0 Å². The zero-order valence-electron chi connectivity index (χ0n) is 20.6. The molecule has 0 radical (unpaired) electrons. The van der Waals surface area contributed by atoms with Crippen LogP contribution < -0.4 is 14.8 Å². The number of methoxy groups -OCH3 is 2. The van der Waals surface area contributed by atoms with Gasteiger partial charge in [0, 0.05) is 23.1 Å². The molecular formula is C30H27NO6. The van der Waals surface area contributed by atoms with E-state index < -0.39 is 18.1 Å². The molecule has 2 N–H and O–H groups in total. The number of rotatable bonds is 8. The van der Waals surface area contributed by atoms with Crippen molar-refractivity contribution in [2.45, 2.75) is 18.4 Å². The molecule has 0 aromatic heterocycles. The normalized spacial score (nSPS) is 12.9. The number of amides is 1. The highest BCUT2D eigenvalue weighted by Crippen LogP contribution is 2.44. The molecule has 0 fully saturated rings. The molecule has 1 amide bonds. The maximum absolute atomic E-state index is 12.8. The van der Waals surface area contributed by atoms with Crippen LogP contribution in [0.2, 0.25) is 0 Å². The molecule has 0 saturated carbocycles. The fourth-order valence-corrected chi connectivity index (χ4v) is 5.14. The summed E-state index contributed by atoms with van der Waals surface area (Å²) in [7, 11) is 3.13. The number of carboxylic acids is 1. The monoisotopic (exact) mass is 497 g/mol. The largest absolute Gasteiger partial charge is 0.496 e. The van der Waals surface area contributed by atoms with Gasteiger partial charge < -0.3 is 24.6 Å². The van der Waals surface area contributed by atoms with E-state index in [1.54, 1.807) is 32.4 Å². The van der Waals surface area contributed by atoms with E-state index in [2.05, 4.69) is 17.4 Å². The quantitative estimate of drug-likeness (QED) is 0.339. The Hall–Kier alpha value is -4.52. The van der Waals surface area contributed by atoms with Crippen molar-refractivity contribution in [1.82, 2.24) is 5.32 Å². The van der Waals surface area contributed by atoms with Crippen LogP contribution in [-0.2, 0) is 16.0 Å². The van der Waals surface area contributed by atoms with Crippen LogP contribution in [0.5, 0.6) is 11.5 Å². The van der Waals surface area contributed by atoms with E-state index in [1.807, 2.05) is 48.5 Å². The van der Waals surface area contributed by atoms with E-state index in [9.17, 15) is 14.7 Å². The van der Waals surface area contributed by atoms with Crippen LogP contribution in [0, 0.1) is 0 Å². The van der Waals surface area contributed by atoms with Crippen LogP contribution in [0.1, 0.15) is 22.6 Å². The maximum atomic E-state index is 12.8. The average molecular weight is 498 g/mol. The summed E-state index contributed by atoms with van der Waals surface area (Å²) in [5, 5.41) is 14.0. The highest BCUT2D eigenvalue weighted by molar-refractivity contribution is 5.96. The molecule has 4 aromatic rings. The SMILES string of the molecule is COc1ccc(CC(NC(=O)OCC2c3ccccc3-c3ccccc32)C(=O)O)c2c(OC)cccc12. The minimum atomic E-state index is -1.20. The zero-order chi connectivity index (χ0) is 25.9. The number of carboxylic acid groups (broad SMARTS) is 1. The van der Waals surface area contributed by atoms with Gasteiger partial charge in [-0.25, -0.2) is 9.59 Å². The number of benzene rings is 4. The van der Waals surface area contributed by atoms with Crippen LogP contribution in [-0.4, -0.2) is 44.0 Å². The van der Waals surface area contributed by atoms with E-state index >= 15 is 0 Å². The zero-order valence-corrected chi connectivity index (χ0v) is 20.6. The standard InChI is InChI=1S/C30H27NO6/c1-35-26-15-14-18(28-23(26)12-7-13-27(28)36-2)16-25(29(32)33)31-30(34)37-17-24-21-10-5-3-8-19(21)20-9-4-6-11-22(20)24/h3-15,24-25H,16-17H2,1-2H3,(H,31,34)(H,32,33). The number of aliphatic carboxylic acids is 1. The Morgan fingerprint density at radius 2 is 1.49 bits per heavy atom. The Kier molecular flexibility index (Phi) is 6.68. The first-order valence-corrected chi connectivity index (χ1v) is 12.0. The van der Waals surface area contributed by atoms with Crippen molar-refractivity contribution in [3.8, 4) is 22.6 Å². The maximum Gasteiger partial charge on any atom is 0.407 e. The van der Waals surface area contributed by atoms with E-state index in [-0.39, 0.29) is 18.9 Å². The number of alkyl carbamates (subject to hydrolysis) is 1. The summed E-state index contributed by atoms with van der Waals surface area (Å²) in [6, 6.07) is 24.0. The van der Waals surface area contributed by atoms with Gasteiger partial charge in [-0.1, -0.05) is 66.7 Å². The van der Waals surface area contributed by atoms with Crippen LogP contribution in [0.3, 0.4) is 0 Å². The van der Waals surface area contributed by atoms with Gasteiger partial charge in [-0.05, 0) is 39.9 Å². The fraction of sp³-hybridized carbons (Fsp3) is 0.200. The second kappa shape index (κ2) is 10.2. The van der Waals surface area contributed by atoms with E-state index in [0.29, 0.717) is 17.1 Å². The van der Waals surface area contributed by atoms with E-state index in [0.717, 1.165) is 33.0 Å². The Labute approximate surface area is 214 Å². The van der Waals surface area contributed by atoms with Crippen LogP contribution in [0.15, 0.2) is 78.9 Å². The molecule has 4 aromatic carbocycles. The van der Waals surface area contributed by atoms with Gasteiger partial charge in [-0.2, -0.15) is 0 Å². The van der Waals surface area contributed by atoms with Crippen molar-refractivity contribution in [3.63, 3.8) is 0 Å². The highest BCUT2D eigenvalue weighted by atomic mass is 16.5. The van der Waals surface area contributed by atoms with Gasteiger partial charge in [0.1, 0.15) is 24.1 Å². The van der Waals surface area contributed by atoms with Crippen LogP contribution >= 0.6 is 0 Å². The summed E-state index contributed by atoms with van der Waals surface area (Å²) in [6.45, 7) is 0.103. The lowest BCUT2D eigenvalue weighted by Gasteiger charge is -2.19. The Morgan fingerprint density at radius 3 is 2.11 bits per heavy atom. The molecule has 0 heterocycles. The first-order chi connectivity index (χ1) is 18.0. The Balaban J connectivity index is 1.34. The molecule has 0 bridgehead atoms. The molecule has 1 aliphatic rings. The number of nitrogens with one attached hydrogen (secondary N) is 1. The molecular weight excluding hydrogens is 470 g/mol. The number of fused-ring (bicyclic) bond motifs is 4. The van der Waals surface area contributed by atoms with Gasteiger partial charge in [0.25, 0.3) is 0 Å². The summed E-state index contributed by atoms with van der Waals surface area (Å²) < 4.78 is 16.6. The molecule has 0 spiro atoms. The summed E-state index contributed by atoms with van der Waals surface area (Å²) in [5.74, 6) is -0.0331. The average Bonchev–Trinajstić information content (AvgIpc) is 3.24. The third kappa shape index (κ3) is 4.56. The predicted octanol–water partition coefficient (Wildman–Crippen LogP) is 5.39. The van der Waals surface area contributed by atoms with Crippen molar-refractivity contribution >= 4 is 22.8 Å². The van der Waals surface area contributed by atoms with E-state index in [1.165, 1.54) is 0 Å². The second-order valence-corrected chi connectivity index (χ2v) is 8.87. The summed E-state index contributed by atoms with van der Waals surface area (Å²) >= 11 is 0.